The summed E-state index contributed by atoms with van der Waals surface area (Å²) in [5, 5.41) is 14.1. The predicted octanol–water partition coefficient (Wildman–Crippen LogP) is 5.00. The van der Waals surface area contributed by atoms with Crippen molar-refractivity contribution in [2.45, 2.75) is 68.2 Å². The van der Waals surface area contributed by atoms with Crippen LogP contribution in [-0.4, -0.2) is 30.2 Å². The van der Waals surface area contributed by atoms with Gasteiger partial charge in [-0.3, -0.25) is 10.6 Å². The van der Waals surface area contributed by atoms with Crippen LogP contribution < -0.4 is 10.6 Å². The van der Waals surface area contributed by atoms with Gasteiger partial charge in [0, 0.05) is 25.4 Å². The molecular weight excluding hydrogens is 415 g/mol. The lowest BCUT2D eigenvalue weighted by atomic mass is 9.99. The van der Waals surface area contributed by atoms with Crippen molar-refractivity contribution >= 4 is 0 Å². The van der Waals surface area contributed by atoms with E-state index < -0.39 is 59.8 Å². The average molecular weight is 437 g/mol. The number of nitrogens with one attached hydrogen (secondary N) is 2. The smallest absolute Gasteiger partial charge is 0.298 e. The number of rotatable bonds is 10. The molecule has 3 nitrogen and oxygen atoms in total. The van der Waals surface area contributed by atoms with E-state index >= 15 is 0 Å². The van der Waals surface area contributed by atoms with E-state index in [1.165, 1.54) is 0 Å². The molecule has 166 valence electrons. The Bertz CT molecular complexity index is 795. The normalized spacial score (nSPS) is 20.5. The van der Waals surface area contributed by atoms with Gasteiger partial charge in [-0.05, 0) is 49.3 Å². The lowest BCUT2D eigenvalue weighted by Crippen LogP contribution is -2.49. The quantitative estimate of drug-likeness (QED) is 0.507. The van der Waals surface area contributed by atoms with E-state index in [0.29, 0.717) is 37.8 Å². The molecule has 0 amide bonds. The van der Waals surface area contributed by atoms with Crippen LogP contribution in [0.4, 0.5) is 30.7 Å². The topological polar surface area (TPSA) is 47.9 Å². The zero-order valence-corrected chi connectivity index (χ0v) is 16.0. The Labute approximate surface area is 169 Å². The molecule has 0 aromatic heterocycles. The first-order valence-electron chi connectivity index (χ1n) is 9.75. The lowest BCUT2D eigenvalue weighted by molar-refractivity contribution is -0.161. The SMILES string of the molecule is N#CC1(NC[C@H](CC(F)(F)CC2CC2)N[C@@H](c2ccc(F)c(F)c2)C(F)(F)F)CC1. The number of alkyl halides is 5. The van der Waals surface area contributed by atoms with Crippen molar-refractivity contribution < 1.29 is 30.7 Å². The summed E-state index contributed by atoms with van der Waals surface area (Å²) < 4.78 is 96.5. The number of benzene rings is 1. The molecular formula is C20H22F7N3. The van der Waals surface area contributed by atoms with Gasteiger partial charge in [0.15, 0.2) is 11.6 Å². The van der Waals surface area contributed by atoms with E-state index in [2.05, 4.69) is 10.6 Å². The second-order valence-electron chi connectivity index (χ2n) is 8.29. The summed E-state index contributed by atoms with van der Waals surface area (Å²) in [5.41, 5.74) is -1.51. The molecule has 0 aliphatic heterocycles. The molecule has 0 unspecified atom stereocenters. The van der Waals surface area contributed by atoms with Gasteiger partial charge in [-0.25, -0.2) is 17.6 Å². The maximum Gasteiger partial charge on any atom is 0.407 e. The molecule has 0 spiro atoms. The molecule has 0 bridgehead atoms. The Hall–Kier alpha value is -1.86. The molecule has 0 radical (unpaired) electrons. The largest absolute Gasteiger partial charge is 0.407 e. The van der Waals surface area contributed by atoms with Crippen molar-refractivity contribution in [3.8, 4) is 6.07 Å². The molecule has 1 aromatic carbocycles. The van der Waals surface area contributed by atoms with Crippen LogP contribution in [0.25, 0.3) is 0 Å². The molecule has 2 fully saturated rings. The summed E-state index contributed by atoms with van der Waals surface area (Å²) in [4.78, 5) is 0. The first-order chi connectivity index (χ1) is 13.9. The van der Waals surface area contributed by atoms with Crippen molar-refractivity contribution in [1.82, 2.24) is 10.6 Å². The summed E-state index contributed by atoms with van der Waals surface area (Å²) in [6, 6.07) is -0.0618. The van der Waals surface area contributed by atoms with E-state index in [1.54, 1.807) is 0 Å². The van der Waals surface area contributed by atoms with Gasteiger partial charge in [0.05, 0.1) is 6.07 Å². The monoisotopic (exact) mass is 437 g/mol. The average Bonchev–Trinajstić information content (AvgIpc) is 3.55. The third-order valence-electron chi connectivity index (χ3n) is 5.49. The fourth-order valence-corrected chi connectivity index (χ4v) is 3.46. The van der Waals surface area contributed by atoms with Gasteiger partial charge >= 0.3 is 6.18 Å². The van der Waals surface area contributed by atoms with Crippen LogP contribution >= 0.6 is 0 Å². The minimum absolute atomic E-state index is 0.132. The van der Waals surface area contributed by atoms with Gasteiger partial charge < -0.3 is 0 Å². The molecule has 0 heterocycles. The highest BCUT2D eigenvalue weighted by molar-refractivity contribution is 5.23. The molecule has 2 N–H and O–H groups in total. The Morgan fingerprint density at radius 1 is 1.10 bits per heavy atom. The molecule has 1 aromatic rings. The van der Waals surface area contributed by atoms with Crippen molar-refractivity contribution in [2.24, 2.45) is 5.92 Å². The minimum atomic E-state index is -4.93. The number of hydrogen-bond acceptors (Lipinski definition) is 3. The summed E-state index contributed by atoms with van der Waals surface area (Å²) in [7, 11) is 0. The number of hydrogen-bond donors (Lipinski definition) is 2. The van der Waals surface area contributed by atoms with Crippen molar-refractivity contribution in [2.75, 3.05) is 6.54 Å². The molecule has 0 saturated heterocycles. The second-order valence-corrected chi connectivity index (χ2v) is 8.29. The molecule has 2 aliphatic carbocycles. The van der Waals surface area contributed by atoms with Crippen molar-refractivity contribution in [3.63, 3.8) is 0 Å². The van der Waals surface area contributed by atoms with Crippen molar-refractivity contribution in [1.29, 1.82) is 5.26 Å². The third-order valence-corrected chi connectivity index (χ3v) is 5.49. The number of nitriles is 1. The fraction of sp³-hybridized carbons (Fsp3) is 0.650. The first-order valence-corrected chi connectivity index (χ1v) is 9.75. The Kier molecular flexibility index (Phi) is 6.35. The van der Waals surface area contributed by atoms with Crippen LogP contribution in [0, 0.1) is 28.9 Å². The third kappa shape index (κ3) is 6.08. The molecule has 30 heavy (non-hydrogen) atoms. The van der Waals surface area contributed by atoms with Crippen LogP contribution in [0.5, 0.6) is 0 Å². The highest BCUT2D eigenvalue weighted by atomic mass is 19.4. The highest BCUT2D eigenvalue weighted by Gasteiger charge is 2.47. The van der Waals surface area contributed by atoms with E-state index in [0.717, 1.165) is 6.07 Å². The maximum atomic E-state index is 14.4. The standard InChI is InChI=1S/C20H22F7N3/c21-15-4-3-13(7-16(15)22)17(20(25,26)27)30-14(10-29-18(11-28)5-6-18)9-19(23,24)8-12-1-2-12/h3-4,7,12,14,17,29-30H,1-2,5-6,8-10H2/t14-,17-/m0/s1. The fourth-order valence-electron chi connectivity index (χ4n) is 3.46. The lowest BCUT2D eigenvalue weighted by Gasteiger charge is -2.31. The van der Waals surface area contributed by atoms with Crippen LogP contribution in [-0.2, 0) is 0 Å². The van der Waals surface area contributed by atoms with E-state index in [1.807, 2.05) is 6.07 Å². The van der Waals surface area contributed by atoms with Gasteiger partial charge in [-0.2, -0.15) is 18.4 Å². The molecule has 2 saturated carbocycles. The maximum absolute atomic E-state index is 14.4. The van der Waals surface area contributed by atoms with Gasteiger partial charge in [0.1, 0.15) is 11.6 Å². The van der Waals surface area contributed by atoms with Gasteiger partial charge in [-0.1, -0.05) is 6.07 Å². The summed E-state index contributed by atoms with van der Waals surface area (Å²) >= 11 is 0. The first kappa shape index (κ1) is 22.8. The van der Waals surface area contributed by atoms with Crippen LogP contribution in [0.15, 0.2) is 18.2 Å². The van der Waals surface area contributed by atoms with Crippen LogP contribution in [0.1, 0.15) is 50.1 Å². The summed E-state index contributed by atoms with van der Waals surface area (Å²) in [6.45, 7) is -0.288. The van der Waals surface area contributed by atoms with E-state index in [-0.39, 0.29) is 12.5 Å². The molecule has 10 heteroatoms. The minimum Gasteiger partial charge on any atom is -0.298 e. The van der Waals surface area contributed by atoms with E-state index in [4.69, 9.17) is 5.26 Å². The second kappa shape index (κ2) is 8.35. The van der Waals surface area contributed by atoms with Gasteiger partial charge in [-0.15, -0.1) is 0 Å². The van der Waals surface area contributed by atoms with Crippen molar-refractivity contribution in [3.05, 3.63) is 35.4 Å². The van der Waals surface area contributed by atoms with Gasteiger partial charge in [0.25, 0.3) is 0 Å². The van der Waals surface area contributed by atoms with Gasteiger partial charge in [0.2, 0.25) is 5.92 Å². The molecule has 2 atom stereocenters. The Morgan fingerprint density at radius 2 is 1.77 bits per heavy atom. The Balaban J connectivity index is 1.79. The summed E-state index contributed by atoms with van der Waals surface area (Å²) in [6.07, 6.45) is -3.89. The molecule has 2 aliphatic rings. The number of halogens is 7. The zero-order valence-electron chi connectivity index (χ0n) is 16.0. The van der Waals surface area contributed by atoms with E-state index in [9.17, 15) is 30.7 Å². The zero-order chi connectivity index (χ0) is 22.2. The van der Waals surface area contributed by atoms with Crippen LogP contribution in [0.2, 0.25) is 0 Å². The highest BCUT2D eigenvalue weighted by Crippen LogP contribution is 2.42. The van der Waals surface area contributed by atoms with Crippen LogP contribution in [0.3, 0.4) is 0 Å². The summed E-state index contributed by atoms with van der Waals surface area (Å²) in [5.74, 6) is -6.09. The Morgan fingerprint density at radius 3 is 2.27 bits per heavy atom. The molecule has 3 rings (SSSR count). The predicted molar refractivity (Wildman–Crippen MR) is 94.6 cm³/mol. The number of nitrogens with zero attached hydrogens (tertiary/aromatic N) is 1.